The van der Waals surface area contributed by atoms with Crippen molar-refractivity contribution in [1.82, 2.24) is 10.2 Å². The van der Waals surface area contributed by atoms with Gasteiger partial charge in [-0.3, -0.25) is 9.69 Å². The van der Waals surface area contributed by atoms with Crippen molar-refractivity contribution in [2.75, 3.05) is 33.9 Å². The molecule has 1 N–H and O–H groups in total. The highest BCUT2D eigenvalue weighted by Gasteiger charge is 2.42. The van der Waals surface area contributed by atoms with Crippen LogP contribution in [0.4, 0.5) is 30.7 Å². The molecule has 4 atom stereocenters. The number of amides is 1. The second-order valence-electron chi connectivity index (χ2n) is 9.64. The predicted octanol–water partition coefficient (Wildman–Crippen LogP) is 5.95. The molecule has 1 saturated carbocycles. The van der Waals surface area contributed by atoms with E-state index in [1.807, 2.05) is 4.90 Å². The summed E-state index contributed by atoms with van der Waals surface area (Å²) < 4.78 is 105. The molecule has 1 aliphatic carbocycles. The standard InChI is InChI=1S/C27H31F7N2O3/c1-16(18-12-19(26(29,30)31)14-20(13-18)27(32,33)34)39-23-9-8-22(25(23)17-4-6-21(28)7-5-17)36(2)15-24(37)35-10-11-38-3/h4-7,12-14,16,22-23,25H,8-11,15H2,1-3H3,(H,35,37)/t16-,22-,23+,25+/m1/s1. The maximum atomic E-state index is 13.7. The number of hydrogen-bond acceptors (Lipinski definition) is 4. The molecule has 0 spiro atoms. The Kier molecular flexibility index (Phi) is 10.0. The van der Waals surface area contributed by atoms with Crippen LogP contribution >= 0.6 is 0 Å². The average molecular weight is 565 g/mol. The lowest BCUT2D eigenvalue weighted by Crippen LogP contribution is -2.43. The van der Waals surface area contributed by atoms with E-state index in [1.54, 1.807) is 19.2 Å². The molecule has 39 heavy (non-hydrogen) atoms. The van der Waals surface area contributed by atoms with E-state index in [0.29, 0.717) is 43.7 Å². The van der Waals surface area contributed by atoms with Crippen LogP contribution in [0.5, 0.6) is 0 Å². The molecule has 216 valence electrons. The van der Waals surface area contributed by atoms with Crippen molar-refractivity contribution in [1.29, 1.82) is 0 Å². The number of rotatable bonds is 10. The molecular weight excluding hydrogens is 533 g/mol. The lowest BCUT2D eigenvalue weighted by atomic mass is 9.91. The van der Waals surface area contributed by atoms with Crippen molar-refractivity contribution in [2.24, 2.45) is 0 Å². The Labute approximate surface area is 222 Å². The lowest BCUT2D eigenvalue weighted by Gasteiger charge is -2.33. The third-order valence-electron chi connectivity index (χ3n) is 6.86. The predicted molar refractivity (Wildman–Crippen MR) is 129 cm³/mol. The van der Waals surface area contributed by atoms with Crippen molar-refractivity contribution in [3.8, 4) is 0 Å². The van der Waals surface area contributed by atoms with Crippen molar-refractivity contribution >= 4 is 5.91 Å². The van der Waals surface area contributed by atoms with E-state index >= 15 is 0 Å². The summed E-state index contributed by atoms with van der Waals surface area (Å²) in [5.74, 6) is -1.12. The first-order valence-electron chi connectivity index (χ1n) is 12.4. The van der Waals surface area contributed by atoms with Gasteiger partial charge in [0.2, 0.25) is 5.91 Å². The molecule has 0 aromatic heterocycles. The Morgan fingerprint density at radius 2 is 1.62 bits per heavy atom. The molecule has 2 aromatic carbocycles. The summed E-state index contributed by atoms with van der Waals surface area (Å²) in [5.41, 5.74) is -2.41. The van der Waals surface area contributed by atoms with E-state index < -0.39 is 47.4 Å². The van der Waals surface area contributed by atoms with Crippen LogP contribution < -0.4 is 5.32 Å². The van der Waals surface area contributed by atoms with Gasteiger partial charge in [-0.2, -0.15) is 26.3 Å². The van der Waals surface area contributed by atoms with Crippen LogP contribution in [0.3, 0.4) is 0 Å². The van der Waals surface area contributed by atoms with Gasteiger partial charge in [0, 0.05) is 25.6 Å². The van der Waals surface area contributed by atoms with Gasteiger partial charge < -0.3 is 14.8 Å². The van der Waals surface area contributed by atoms with Crippen LogP contribution in [-0.4, -0.2) is 56.8 Å². The molecule has 0 heterocycles. The molecule has 0 radical (unpaired) electrons. The summed E-state index contributed by atoms with van der Waals surface area (Å²) in [7, 11) is 3.25. The van der Waals surface area contributed by atoms with Crippen LogP contribution in [0, 0.1) is 5.82 Å². The molecule has 0 saturated heterocycles. The number of hydrogen-bond donors (Lipinski definition) is 1. The van der Waals surface area contributed by atoms with Crippen molar-refractivity contribution in [3.05, 3.63) is 70.5 Å². The first kappa shape index (κ1) is 30.8. The topological polar surface area (TPSA) is 50.8 Å². The Morgan fingerprint density at radius 3 is 2.15 bits per heavy atom. The number of nitrogens with zero attached hydrogens (tertiary/aromatic N) is 1. The van der Waals surface area contributed by atoms with Gasteiger partial charge in [0.05, 0.1) is 36.5 Å². The first-order valence-corrected chi connectivity index (χ1v) is 12.4. The number of nitrogens with one attached hydrogen (secondary N) is 1. The highest BCUT2D eigenvalue weighted by Crippen LogP contribution is 2.43. The molecule has 12 heteroatoms. The molecule has 0 aliphatic heterocycles. The molecule has 3 rings (SSSR count). The monoisotopic (exact) mass is 564 g/mol. The quantitative estimate of drug-likeness (QED) is 0.286. The fourth-order valence-electron chi connectivity index (χ4n) is 4.96. The van der Waals surface area contributed by atoms with Gasteiger partial charge in [-0.25, -0.2) is 4.39 Å². The summed E-state index contributed by atoms with van der Waals surface area (Å²) >= 11 is 0. The number of methoxy groups -OCH3 is 1. The van der Waals surface area contributed by atoms with E-state index in [2.05, 4.69) is 5.32 Å². The molecular formula is C27H31F7N2O3. The molecule has 0 unspecified atom stereocenters. The Bertz CT molecular complexity index is 1070. The van der Waals surface area contributed by atoms with Gasteiger partial charge in [0.15, 0.2) is 0 Å². The van der Waals surface area contributed by atoms with Gasteiger partial charge in [0.25, 0.3) is 0 Å². The summed E-state index contributed by atoms with van der Waals surface area (Å²) in [4.78, 5) is 14.2. The van der Waals surface area contributed by atoms with E-state index in [9.17, 15) is 35.5 Å². The zero-order valence-corrected chi connectivity index (χ0v) is 21.7. The normalized spacial score (nSPS) is 20.8. The molecule has 1 amide bonds. The summed E-state index contributed by atoms with van der Waals surface area (Å²) in [6.45, 7) is 2.11. The minimum absolute atomic E-state index is 0.0386. The largest absolute Gasteiger partial charge is 0.416 e. The average Bonchev–Trinajstić information content (AvgIpc) is 3.27. The third-order valence-corrected chi connectivity index (χ3v) is 6.86. The smallest absolute Gasteiger partial charge is 0.383 e. The van der Waals surface area contributed by atoms with Gasteiger partial charge >= 0.3 is 12.4 Å². The first-order chi connectivity index (χ1) is 18.2. The SMILES string of the molecule is COCCNC(=O)CN(C)[C@@H]1CC[C@H](O[C@H](C)c2cc(C(F)(F)F)cc(C(F)(F)F)c2)[C@H]1c1ccc(F)cc1. The van der Waals surface area contributed by atoms with Gasteiger partial charge in [-0.1, -0.05) is 12.1 Å². The minimum atomic E-state index is -4.97. The van der Waals surface area contributed by atoms with Crippen LogP contribution in [0.1, 0.15) is 54.0 Å². The molecule has 0 bridgehead atoms. The number of ether oxygens (including phenoxy) is 2. The lowest BCUT2D eigenvalue weighted by molar-refractivity contribution is -0.143. The zero-order valence-electron chi connectivity index (χ0n) is 21.7. The fourth-order valence-corrected chi connectivity index (χ4v) is 4.96. The number of halogens is 7. The Hall–Kier alpha value is -2.70. The van der Waals surface area contributed by atoms with Crippen molar-refractivity contribution < 1.29 is 45.0 Å². The maximum absolute atomic E-state index is 13.7. The van der Waals surface area contributed by atoms with E-state index in [4.69, 9.17) is 9.47 Å². The number of carbonyl (C=O) groups excluding carboxylic acids is 1. The zero-order chi connectivity index (χ0) is 29.0. The van der Waals surface area contributed by atoms with E-state index in [1.165, 1.54) is 26.2 Å². The van der Waals surface area contributed by atoms with Crippen LogP contribution in [-0.2, 0) is 26.6 Å². The minimum Gasteiger partial charge on any atom is -0.383 e. The molecule has 1 fully saturated rings. The summed E-state index contributed by atoms with van der Waals surface area (Å²) in [5, 5.41) is 2.73. The molecule has 2 aromatic rings. The van der Waals surface area contributed by atoms with Crippen molar-refractivity contribution in [3.63, 3.8) is 0 Å². The second-order valence-corrected chi connectivity index (χ2v) is 9.64. The number of benzene rings is 2. The van der Waals surface area contributed by atoms with Crippen LogP contribution in [0.25, 0.3) is 0 Å². The highest BCUT2D eigenvalue weighted by molar-refractivity contribution is 5.78. The van der Waals surface area contributed by atoms with E-state index in [-0.39, 0.29) is 30.1 Å². The Balaban J connectivity index is 1.87. The van der Waals surface area contributed by atoms with Crippen molar-refractivity contribution in [2.45, 2.75) is 56.3 Å². The van der Waals surface area contributed by atoms with Gasteiger partial charge in [-0.05, 0) is 68.3 Å². The number of carbonyl (C=O) groups is 1. The Morgan fingerprint density at radius 1 is 1.03 bits per heavy atom. The van der Waals surface area contributed by atoms with E-state index in [0.717, 1.165) is 0 Å². The second kappa shape index (κ2) is 12.6. The summed E-state index contributed by atoms with van der Waals surface area (Å²) in [6, 6.07) is 6.82. The van der Waals surface area contributed by atoms with Gasteiger partial charge in [0.1, 0.15) is 5.82 Å². The highest BCUT2D eigenvalue weighted by atomic mass is 19.4. The number of alkyl halides is 6. The molecule has 1 aliphatic rings. The number of likely N-dealkylation sites (N-methyl/N-ethyl adjacent to an activating group) is 1. The van der Waals surface area contributed by atoms with Crippen LogP contribution in [0.15, 0.2) is 42.5 Å². The molecule has 5 nitrogen and oxygen atoms in total. The fraction of sp³-hybridized carbons (Fsp3) is 0.519. The van der Waals surface area contributed by atoms with Crippen LogP contribution in [0.2, 0.25) is 0 Å². The maximum Gasteiger partial charge on any atom is 0.416 e. The summed E-state index contributed by atoms with van der Waals surface area (Å²) in [6.07, 6.45) is -10.7. The van der Waals surface area contributed by atoms with Gasteiger partial charge in [-0.15, -0.1) is 0 Å². The third kappa shape index (κ3) is 8.15.